The Morgan fingerprint density at radius 2 is 2.06 bits per heavy atom. The Kier molecular flexibility index (Phi) is 5.61. The van der Waals surface area contributed by atoms with Crippen LogP contribution in [0.1, 0.15) is 24.1 Å². The number of quaternary nitrogens is 1. The zero-order chi connectivity index (χ0) is 22.1. The maximum atomic E-state index is 14.2. The number of amidine groups is 1. The van der Waals surface area contributed by atoms with E-state index in [1.807, 2.05) is 18.2 Å². The lowest BCUT2D eigenvalue weighted by Crippen LogP contribution is -3.07. The van der Waals surface area contributed by atoms with E-state index in [1.165, 1.54) is 29.5 Å². The van der Waals surface area contributed by atoms with Crippen molar-refractivity contribution in [2.45, 2.75) is 25.4 Å². The van der Waals surface area contributed by atoms with Crippen LogP contribution < -0.4 is 10.2 Å². The van der Waals surface area contributed by atoms with Crippen molar-refractivity contribution in [2.75, 3.05) is 33.7 Å². The number of hydrogen-bond acceptors (Lipinski definition) is 5. The minimum atomic E-state index is -0.242. The lowest BCUT2D eigenvalue weighted by Gasteiger charge is -2.30. The quantitative estimate of drug-likeness (QED) is 0.616. The summed E-state index contributed by atoms with van der Waals surface area (Å²) in [7, 11) is 4.41. The largest absolute Gasteiger partial charge is 0.363 e. The van der Waals surface area contributed by atoms with Gasteiger partial charge in [0, 0.05) is 24.5 Å². The third-order valence-electron chi connectivity index (χ3n) is 6.17. The molecule has 0 saturated carbocycles. The van der Waals surface area contributed by atoms with Gasteiger partial charge in [-0.05, 0) is 31.0 Å². The monoisotopic (exact) mass is 434 g/mol. The molecule has 1 saturated heterocycles. The van der Waals surface area contributed by atoms with Gasteiger partial charge in [-0.25, -0.2) is 14.1 Å². The van der Waals surface area contributed by atoms with Gasteiger partial charge in [-0.1, -0.05) is 18.2 Å². The number of benzene rings is 1. The second kappa shape index (κ2) is 8.70. The summed E-state index contributed by atoms with van der Waals surface area (Å²) in [4.78, 5) is 13.3. The zero-order valence-corrected chi connectivity index (χ0v) is 18.6. The molecule has 1 unspecified atom stereocenters. The van der Waals surface area contributed by atoms with Gasteiger partial charge in [0.1, 0.15) is 11.5 Å². The van der Waals surface area contributed by atoms with Crippen molar-refractivity contribution >= 4 is 16.9 Å². The average Bonchev–Trinajstić information content (AvgIpc) is 3.40. The predicted molar refractivity (Wildman–Crippen MR) is 123 cm³/mol. The molecule has 4 heterocycles. The SMILES string of the molecule is C[NH+](C)CC1CCCN1C1=CNC(c2nn(Cc3ccccc3F)c3ncccc23)=NC1. The van der Waals surface area contributed by atoms with Crippen LogP contribution in [0.2, 0.25) is 0 Å². The van der Waals surface area contributed by atoms with E-state index in [9.17, 15) is 4.39 Å². The van der Waals surface area contributed by atoms with Gasteiger partial charge in [0.2, 0.25) is 0 Å². The number of rotatable bonds is 6. The highest BCUT2D eigenvalue weighted by Gasteiger charge is 2.29. The first-order valence-corrected chi connectivity index (χ1v) is 11.2. The Labute approximate surface area is 187 Å². The van der Waals surface area contributed by atoms with Crippen molar-refractivity contribution in [3.05, 3.63) is 71.6 Å². The van der Waals surface area contributed by atoms with Gasteiger partial charge in [-0.2, -0.15) is 5.10 Å². The Hall–Kier alpha value is -3.26. The summed E-state index contributed by atoms with van der Waals surface area (Å²) in [5.74, 6) is 0.488. The van der Waals surface area contributed by atoms with Gasteiger partial charge in [0.05, 0.1) is 50.9 Å². The van der Waals surface area contributed by atoms with E-state index >= 15 is 0 Å². The molecule has 166 valence electrons. The molecule has 2 N–H and O–H groups in total. The van der Waals surface area contributed by atoms with Crippen LogP contribution in [-0.2, 0) is 6.54 Å². The van der Waals surface area contributed by atoms with Gasteiger partial charge >= 0.3 is 0 Å². The summed E-state index contributed by atoms with van der Waals surface area (Å²) in [6, 6.07) is 11.2. The molecule has 0 radical (unpaired) electrons. The van der Waals surface area contributed by atoms with Crippen LogP contribution in [0.5, 0.6) is 0 Å². The van der Waals surface area contributed by atoms with Gasteiger partial charge < -0.3 is 15.1 Å². The molecule has 1 fully saturated rings. The first-order chi connectivity index (χ1) is 15.6. The molecule has 2 aliphatic rings. The number of likely N-dealkylation sites (tertiary alicyclic amines) is 1. The number of hydrogen-bond donors (Lipinski definition) is 2. The number of nitrogens with zero attached hydrogens (tertiary/aromatic N) is 5. The molecular weight excluding hydrogens is 405 g/mol. The molecule has 8 heteroatoms. The molecular formula is C24H29FN7+. The van der Waals surface area contributed by atoms with E-state index in [-0.39, 0.29) is 5.82 Å². The topological polar surface area (TPSA) is 62.8 Å². The summed E-state index contributed by atoms with van der Waals surface area (Å²) in [5.41, 5.74) is 3.28. The second-order valence-corrected chi connectivity index (χ2v) is 8.82. The standard InChI is InChI=1S/C24H28FN7/c1-30(2)16-18-8-6-12-31(18)19-13-27-23(28-14-19)22-20-9-5-11-26-24(20)32(29-22)15-17-7-3-4-10-21(17)25/h3-5,7,9-11,13,18H,6,8,12,14-16H2,1-2H3,(H,27,28)/p+1. The maximum absolute atomic E-state index is 14.2. The summed E-state index contributed by atoms with van der Waals surface area (Å²) in [5, 5.41) is 9.06. The fourth-order valence-electron chi connectivity index (χ4n) is 4.70. The van der Waals surface area contributed by atoms with Crippen molar-refractivity contribution in [1.82, 2.24) is 25.0 Å². The summed E-state index contributed by atoms with van der Waals surface area (Å²) in [6.45, 7) is 3.16. The first kappa shape index (κ1) is 20.6. The summed E-state index contributed by atoms with van der Waals surface area (Å²) in [6.07, 6.45) is 6.27. The highest BCUT2D eigenvalue weighted by molar-refractivity contribution is 6.07. The molecule has 7 nitrogen and oxygen atoms in total. The van der Waals surface area contributed by atoms with E-state index in [1.54, 1.807) is 23.0 Å². The molecule has 1 atom stereocenters. The lowest BCUT2D eigenvalue weighted by atomic mass is 10.2. The smallest absolute Gasteiger partial charge is 0.158 e. The Bertz CT molecular complexity index is 1180. The number of likely N-dealkylation sites (N-methyl/N-ethyl adjacent to an activating group) is 1. The van der Waals surface area contributed by atoms with Crippen molar-refractivity contribution in [1.29, 1.82) is 0 Å². The molecule has 0 aliphatic carbocycles. The number of aliphatic imine (C=N–C) groups is 1. The molecule has 5 rings (SSSR count). The average molecular weight is 435 g/mol. The third-order valence-corrected chi connectivity index (χ3v) is 6.17. The Morgan fingerprint density at radius 3 is 2.84 bits per heavy atom. The van der Waals surface area contributed by atoms with E-state index in [4.69, 9.17) is 10.1 Å². The van der Waals surface area contributed by atoms with Crippen LogP contribution in [0.3, 0.4) is 0 Å². The minimum absolute atomic E-state index is 0.242. The Morgan fingerprint density at radius 1 is 1.19 bits per heavy atom. The zero-order valence-electron chi connectivity index (χ0n) is 18.6. The normalized spacial score (nSPS) is 18.8. The molecule has 0 spiro atoms. The molecule has 1 aromatic carbocycles. The maximum Gasteiger partial charge on any atom is 0.158 e. The number of aromatic nitrogens is 3. The summed E-state index contributed by atoms with van der Waals surface area (Å²) >= 11 is 0. The van der Waals surface area contributed by atoms with Gasteiger partial charge in [0.15, 0.2) is 11.5 Å². The van der Waals surface area contributed by atoms with Gasteiger partial charge in [0.25, 0.3) is 0 Å². The lowest BCUT2D eigenvalue weighted by molar-refractivity contribution is -0.860. The molecule has 32 heavy (non-hydrogen) atoms. The highest BCUT2D eigenvalue weighted by atomic mass is 19.1. The van der Waals surface area contributed by atoms with Crippen LogP contribution >= 0.6 is 0 Å². The molecule has 0 amide bonds. The van der Waals surface area contributed by atoms with E-state index < -0.39 is 0 Å². The highest BCUT2D eigenvalue weighted by Crippen LogP contribution is 2.24. The second-order valence-electron chi connectivity index (χ2n) is 8.82. The van der Waals surface area contributed by atoms with Crippen molar-refractivity contribution < 1.29 is 9.29 Å². The fourth-order valence-corrected chi connectivity index (χ4v) is 4.70. The van der Waals surface area contributed by atoms with Crippen LogP contribution in [-0.4, -0.2) is 65.3 Å². The van der Waals surface area contributed by atoms with Crippen LogP contribution in [0.25, 0.3) is 11.0 Å². The van der Waals surface area contributed by atoms with E-state index in [0.29, 0.717) is 24.7 Å². The van der Waals surface area contributed by atoms with Gasteiger partial charge in [-0.15, -0.1) is 0 Å². The summed E-state index contributed by atoms with van der Waals surface area (Å²) < 4.78 is 16.0. The molecule has 2 aliphatic heterocycles. The minimum Gasteiger partial charge on any atom is -0.363 e. The van der Waals surface area contributed by atoms with Crippen molar-refractivity contribution in [2.24, 2.45) is 4.99 Å². The number of fused-ring (bicyclic) bond motifs is 1. The van der Waals surface area contributed by atoms with E-state index in [2.05, 4.69) is 35.5 Å². The van der Waals surface area contributed by atoms with Gasteiger partial charge in [-0.3, -0.25) is 4.99 Å². The van der Waals surface area contributed by atoms with Crippen molar-refractivity contribution in [3.63, 3.8) is 0 Å². The number of nitrogens with one attached hydrogen (secondary N) is 2. The van der Waals surface area contributed by atoms with E-state index in [0.717, 1.165) is 35.7 Å². The fraction of sp³-hybridized carbons (Fsp3) is 0.375. The Balaban J connectivity index is 1.40. The number of pyridine rings is 1. The number of halogens is 1. The third kappa shape index (κ3) is 3.98. The van der Waals surface area contributed by atoms with Crippen LogP contribution in [0, 0.1) is 5.82 Å². The van der Waals surface area contributed by atoms with Crippen LogP contribution in [0.15, 0.2) is 59.5 Å². The molecule has 3 aromatic rings. The predicted octanol–water partition coefficient (Wildman–Crippen LogP) is 1.42. The van der Waals surface area contributed by atoms with Crippen LogP contribution in [0.4, 0.5) is 4.39 Å². The molecule has 0 bridgehead atoms. The molecule has 2 aromatic heterocycles. The first-order valence-electron chi connectivity index (χ1n) is 11.2. The van der Waals surface area contributed by atoms with Crippen molar-refractivity contribution in [3.8, 4) is 0 Å².